The standard InChI is InChI=1S/C18H27N3O2.2ClH/c22-18(12-17-13-19-8-11-23-17)20-16-6-9-21(10-7-16)14-15-4-2-1-3-5-15;;/h1-5,16-17,19H,6-14H2,(H,20,22);2*1H. The molecule has 1 aromatic carbocycles. The van der Waals surface area contributed by atoms with Crippen molar-refractivity contribution >= 4 is 30.7 Å². The Labute approximate surface area is 162 Å². The van der Waals surface area contributed by atoms with Crippen LogP contribution in [0.5, 0.6) is 0 Å². The molecule has 1 atom stereocenters. The predicted molar refractivity (Wildman–Crippen MR) is 105 cm³/mol. The van der Waals surface area contributed by atoms with Crippen molar-refractivity contribution in [3.8, 4) is 0 Å². The van der Waals surface area contributed by atoms with E-state index in [1.807, 2.05) is 0 Å². The van der Waals surface area contributed by atoms with Gasteiger partial charge in [0.2, 0.25) is 5.91 Å². The Balaban J connectivity index is 0.00000156. The van der Waals surface area contributed by atoms with E-state index in [2.05, 4.69) is 45.9 Å². The molecule has 2 aliphatic heterocycles. The lowest BCUT2D eigenvalue weighted by Gasteiger charge is -2.32. The van der Waals surface area contributed by atoms with E-state index >= 15 is 0 Å². The number of carbonyl (C=O) groups excluding carboxylic acids is 1. The van der Waals surface area contributed by atoms with Gasteiger partial charge in [-0.1, -0.05) is 30.3 Å². The van der Waals surface area contributed by atoms with Gasteiger partial charge in [0.05, 0.1) is 19.1 Å². The van der Waals surface area contributed by atoms with Crippen LogP contribution < -0.4 is 10.6 Å². The molecule has 2 saturated heterocycles. The van der Waals surface area contributed by atoms with Gasteiger partial charge in [-0.2, -0.15) is 0 Å². The summed E-state index contributed by atoms with van der Waals surface area (Å²) in [6.45, 7) is 5.46. The Kier molecular flexibility index (Phi) is 10.4. The minimum absolute atomic E-state index is 0. The number of hydrogen-bond acceptors (Lipinski definition) is 4. The molecule has 25 heavy (non-hydrogen) atoms. The van der Waals surface area contributed by atoms with Gasteiger partial charge in [0.1, 0.15) is 0 Å². The number of carbonyl (C=O) groups is 1. The van der Waals surface area contributed by atoms with E-state index in [9.17, 15) is 4.79 Å². The SMILES string of the molecule is Cl.Cl.O=C(CC1CNCCO1)NC1CCN(Cc2ccccc2)CC1. The maximum absolute atomic E-state index is 12.1. The number of piperidine rings is 1. The third-order valence-electron chi connectivity index (χ3n) is 4.62. The Morgan fingerprint density at radius 1 is 1.20 bits per heavy atom. The fourth-order valence-electron chi connectivity index (χ4n) is 3.32. The zero-order chi connectivity index (χ0) is 15.9. The molecule has 142 valence electrons. The number of benzene rings is 1. The van der Waals surface area contributed by atoms with Gasteiger partial charge in [0.25, 0.3) is 0 Å². The molecular formula is C18H29Cl2N3O2. The monoisotopic (exact) mass is 389 g/mol. The molecule has 0 bridgehead atoms. The number of nitrogens with one attached hydrogen (secondary N) is 2. The van der Waals surface area contributed by atoms with E-state index in [1.54, 1.807) is 0 Å². The molecule has 0 saturated carbocycles. The summed E-state index contributed by atoms with van der Waals surface area (Å²) in [5.74, 6) is 0.125. The molecule has 0 aliphatic carbocycles. The van der Waals surface area contributed by atoms with E-state index in [1.165, 1.54) is 5.56 Å². The summed E-state index contributed by atoms with van der Waals surface area (Å²) in [5.41, 5.74) is 1.36. The Hall–Kier alpha value is -0.850. The molecule has 0 radical (unpaired) electrons. The second-order valence-electron chi connectivity index (χ2n) is 6.50. The van der Waals surface area contributed by atoms with Crippen LogP contribution in [0, 0.1) is 0 Å². The predicted octanol–water partition coefficient (Wildman–Crippen LogP) is 1.99. The van der Waals surface area contributed by atoms with Gasteiger partial charge in [0.15, 0.2) is 0 Å². The van der Waals surface area contributed by atoms with Gasteiger partial charge in [-0.05, 0) is 18.4 Å². The lowest BCUT2D eigenvalue weighted by atomic mass is 10.0. The largest absolute Gasteiger partial charge is 0.375 e. The highest BCUT2D eigenvalue weighted by atomic mass is 35.5. The van der Waals surface area contributed by atoms with Gasteiger partial charge < -0.3 is 15.4 Å². The number of rotatable bonds is 5. The third-order valence-corrected chi connectivity index (χ3v) is 4.62. The van der Waals surface area contributed by atoms with Crippen LogP contribution in [0.4, 0.5) is 0 Å². The second-order valence-corrected chi connectivity index (χ2v) is 6.50. The summed E-state index contributed by atoms with van der Waals surface area (Å²) in [7, 11) is 0. The molecule has 2 N–H and O–H groups in total. The zero-order valence-electron chi connectivity index (χ0n) is 14.5. The average Bonchev–Trinajstić information content (AvgIpc) is 2.58. The number of halogens is 2. The highest BCUT2D eigenvalue weighted by molar-refractivity contribution is 5.85. The summed E-state index contributed by atoms with van der Waals surface area (Å²) in [5, 5.41) is 6.44. The number of hydrogen-bond donors (Lipinski definition) is 2. The molecule has 5 nitrogen and oxygen atoms in total. The van der Waals surface area contributed by atoms with E-state index in [4.69, 9.17) is 4.74 Å². The Morgan fingerprint density at radius 2 is 1.92 bits per heavy atom. The van der Waals surface area contributed by atoms with Crippen LogP contribution in [0.15, 0.2) is 30.3 Å². The Morgan fingerprint density at radius 3 is 2.56 bits per heavy atom. The number of ether oxygens (including phenoxy) is 1. The Bertz CT molecular complexity index is 490. The smallest absolute Gasteiger partial charge is 0.222 e. The van der Waals surface area contributed by atoms with Gasteiger partial charge in [0, 0.05) is 38.8 Å². The van der Waals surface area contributed by atoms with E-state index in [-0.39, 0.29) is 36.8 Å². The van der Waals surface area contributed by atoms with Crippen molar-refractivity contribution in [2.75, 3.05) is 32.8 Å². The first-order valence-corrected chi connectivity index (χ1v) is 8.67. The molecule has 1 aromatic rings. The summed E-state index contributed by atoms with van der Waals surface area (Å²) < 4.78 is 5.59. The van der Waals surface area contributed by atoms with Gasteiger partial charge in [-0.3, -0.25) is 9.69 Å². The van der Waals surface area contributed by atoms with Crippen LogP contribution >= 0.6 is 24.8 Å². The molecule has 7 heteroatoms. The topological polar surface area (TPSA) is 53.6 Å². The molecule has 1 amide bonds. The fraction of sp³-hybridized carbons (Fsp3) is 0.611. The lowest BCUT2D eigenvalue weighted by Crippen LogP contribution is -2.46. The number of nitrogens with zero attached hydrogens (tertiary/aromatic N) is 1. The molecule has 3 rings (SSSR count). The molecule has 1 unspecified atom stereocenters. The first-order chi connectivity index (χ1) is 11.3. The van der Waals surface area contributed by atoms with Crippen molar-refractivity contribution in [3.63, 3.8) is 0 Å². The summed E-state index contributed by atoms with van der Waals surface area (Å²) in [6, 6.07) is 10.9. The highest BCUT2D eigenvalue weighted by Gasteiger charge is 2.23. The fourth-order valence-corrected chi connectivity index (χ4v) is 3.32. The maximum atomic E-state index is 12.1. The van der Waals surface area contributed by atoms with Crippen LogP contribution in [0.2, 0.25) is 0 Å². The number of likely N-dealkylation sites (tertiary alicyclic amines) is 1. The molecule has 0 spiro atoms. The van der Waals surface area contributed by atoms with Gasteiger partial charge >= 0.3 is 0 Å². The van der Waals surface area contributed by atoms with Crippen LogP contribution in [0.1, 0.15) is 24.8 Å². The minimum atomic E-state index is 0. The van der Waals surface area contributed by atoms with Crippen molar-refractivity contribution in [3.05, 3.63) is 35.9 Å². The lowest BCUT2D eigenvalue weighted by molar-refractivity contribution is -0.125. The summed E-state index contributed by atoms with van der Waals surface area (Å²) in [6.07, 6.45) is 2.56. The number of morpholine rings is 1. The van der Waals surface area contributed by atoms with Crippen molar-refractivity contribution in [2.45, 2.75) is 38.0 Å². The number of amides is 1. The normalized spacial score (nSPS) is 21.7. The third kappa shape index (κ3) is 7.50. The van der Waals surface area contributed by atoms with Gasteiger partial charge in [-0.15, -0.1) is 24.8 Å². The maximum Gasteiger partial charge on any atom is 0.222 e. The van der Waals surface area contributed by atoms with Crippen LogP contribution in [-0.4, -0.2) is 55.7 Å². The van der Waals surface area contributed by atoms with Crippen LogP contribution in [-0.2, 0) is 16.1 Å². The zero-order valence-corrected chi connectivity index (χ0v) is 16.1. The second kappa shape index (κ2) is 11.7. The van der Waals surface area contributed by atoms with E-state index < -0.39 is 0 Å². The van der Waals surface area contributed by atoms with Gasteiger partial charge in [-0.25, -0.2) is 0 Å². The van der Waals surface area contributed by atoms with Crippen LogP contribution in [0.3, 0.4) is 0 Å². The summed E-state index contributed by atoms with van der Waals surface area (Å²) in [4.78, 5) is 14.6. The van der Waals surface area contributed by atoms with Crippen LogP contribution in [0.25, 0.3) is 0 Å². The summed E-state index contributed by atoms with van der Waals surface area (Å²) >= 11 is 0. The first kappa shape index (κ1) is 22.2. The average molecular weight is 390 g/mol. The molecule has 0 aromatic heterocycles. The quantitative estimate of drug-likeness (QED) is 0.808. The van der Waals surface area contributed by atoms with Crippen molar-refractivity contribution < 1.29 is 9.53 Å². The highest BCUT2D eigenvalue weighted by Crippen LogP contribution is 2.14. The van der Waals surface area contributed by atoms with E-state index in [0.29, 0.717) is 19.1 Å². The first-order valence-electron chi connectivity index (χ1n) is 8.67. The molecular weight excluding hydrogens is 361 g/mol. The van der Waals surface area contributed by atoms with Crippen molar-refractivity contribution in [2.24, 2.45) is 0 Å². The van der Waals surface area contributed by atoms with Crippen molar-refractivity contribution in [1.29, 1.82) is 0 Å². The van der Waals surface area contributed by atoms with Crippen molar-refractivity contribution in [1.82, 2.24) is 15.5 Å². The molecule has 2 fully saturated rings. The molecule has 2 heterocycles. The minimum Gasteiger partial charge on any atom is -0.375 e. The van der Waals surface area contributed by atoms with E-state index in [0.717, 1.165) is 45.6 Å². The molecule has 2 aliphatic rings.